The molecule has 0 spiro atoms. The van der Waals surface area contributed by atoms with Gasteiger partial charge in [0.25, 0.3) is 0 Å². The van der Waals surface area contributed by atoms with E-state index in [4.69, 9.17) is 8.85 Å². The highest BCUT2D eigenvalue weighted by Gasteiger charge is 2.32. The van der Waals surface area contributed by atoms with Crippen molar-refractivity contribution < 1.29 is 8.85 Å². The number of hydrogen-bond donors (Lipinski definition) is 0. The Bertz CT molecular complexity index is 484. The zero-order valence-electron chi connectivity index (χ0n) is 15.7. The van der Waals surface area contributed by atoms with Crippen molar-refractivity contribution in [2.75, 3.05) is 6.61 Å². The second-order valence-electron chi connectivity index (χ2n) is 7.45. The molecule has 2 nitrogen and oxygen atoms in total. The van der Waals surface area contributed by atoms with Crippen molar-refractivity contribution in [2.45, 2.75) is 71.9 Å². The molecule has 0 fully saturated rings. The Kier molecular flexibility index (Phi) is 10.5. The molecule has 1 aromatic rings. The predicted octanol–water partition coefficient (Wildman–Crippen LogP) is 6.96. The maximum Gasteiger partial charge on any atom is 0.173 e. The highest BCUT2D eigenvalue weighted by Crippen LogP contribution is 2.24. The summed E-state index contributed by atoms with van der Waals surface area (Å²) in [6, 6.07) is 10.5. The van der Waals surface area contributed by atoms with Crippen LogP contribution in [0.25, 0.3) is 6.08 Å². The van der Waals surface area contributed by atoms with Crippen molar-refractivity contribution in [2.24, 2.45) is 0 Å². The Morgan fingerprint density at radius 2 is 1.67 bits per heavy atom. The van der Waals surface area contributed by atoms with Gasteiger partial charge < -0.3 is 8.85 Å². The van der Waals surface area contributed by atoms with Gasteiger partial charge in [0.1, 0.15) is 5.75 Å². The van der Waals surface area contributed by atoms with E-state index in [1.807, 2.05) is 30.3 Å². The minimum Gasteiger partial charge on any atom is -0.494 e. The SMILES string of the molecule is C.C=Cc1cccc(OCCC[Si](C)(C)O[Si](C)(C)CCCC)c1. The lowest BCUT2D eigenvalue weighted by Crippen LogP contribution is -2.44. The molecule has 138 valence electrons. The van der Waals surface area contributed by atoms with Crippen LogP contribution in [-0.4, -0.2) is 23.2 Å². The van der Waals surface area contributed by atoms with Crippen LogP contribution in [0.2, 0.25) is 38.3 Å². The predicted molar refractivity (Wildman–Crippen MR) is 114 cm³/mol. The summed E-state index contributed by atoms with van der Waals surface area (Å²) in [5.41, 5.74) is 1.10. The van der Waals surface area contributed by atoms with E-state index in [-0.39, 0.29) is 7.43 Å². The largest absolute Gasteiger partial charge is 0.494 e. The van der Waals surface area contributed by atoms with Gasteiger partial charge >= 0.3 is 0 Å². The lowest BCUT2D eigenvalue weighted by molar-refractivity contribution is 0.314. The van der Waals surface area contributed by atoms with Gasteiger partial charge in [0.2, 0.25) is 0 Å². The second kappa shape index (κ2) is 10.9. The Labute approximate surface area is 152 Å². The van der Waals surface area contributed by atoms with E-state index in [0.717, 1.165) is 30.4 Å². The summed E-state index contributed by atoms with van der Waals surface area (Å²) in [4.78, 5) is 0. The fraction of sp³-hybridized carbons (Fsp3) is 0.600. The van der Waals surface area contributed by atoms with Crippen LogP contribution in [0.1, 0.15) is 39.2 Å². The lowest BCUT2D eigenvalue weighted by Gasteiger charge is -2.34. The third-order valence-corrected chi connectivity index (χ3v) is 11.5. The lowest BCUT2D eigenvalue weighted by atomic mass is 10.2. The molecular formula is C20H38O2Si2. The molecule has 0 saturated carbocycles. The van der Waals surface area contributed by atoms with Gasteiger partial charge in [-0.25, -0.2) is 0 Å². The molecule has 0 bridgehead atoms. The molecule has 24 heavy (non-hydrogen) atoms. The molecule has 0 radical (unpaired) electrons. The van der Waals surface area contributed by atoms with Gasteiger partial charge in [-0.05, 0) is 62.4 Å². The number of unbranched alkanes of at least 4 members (excludes halogenated alkanes) is 1. The van der Waals surface area contributed by atoms with Crippen molar-refractivity contribution in [3.8, 4) is 5.75 Å². The molecule has 4 heteroatoms. The van der Waals surface area contributed by atoms with E-state index in [9.17, 15) is 0 Å². The third kappa shape index (κ3) is 9.45. The van der Waals surface area contributed by atoms with Gasteiger partial charge in [0.05, 0.1) is 6.61 Å². The minimum atomic E-state index is -1.58. The molecule has 1 aromatic carbocycles. The maximum absolute atomic E-state index is 6.63. The fourth-order valence-electron chi connectivity index (χ4n) is 2.87. The summed E-state index contributed by atoms with van der Waals surface area (Å²) in [5.74, 6) is 0.931. The molecular weight excluding hydrogens is 328 g/mol. The molecule has 0 unspecified atom stereocenters. The molecule has 0 aliphatic carbocycles. The summed E-state index contributed by atoms with van der Waals surface area (Å²) in [7, 11) is -3.07. The number of benzene rings is 1. The van der Waals surface area contributed by atoms with Gasteiger partial charge in [-0.3, -0.25) is 0 Å². The van der Waals surface area contributed by atoms with Crippen LogP contribution in [0.3, 0.4) is 0 Å². The van der Waals surface area contributed by atoms with Gasteiger partial charge in [-0.2, -0.15) is 0 Å². The zero-order valence-corrected chi connectivity index (χ0v) is 17.7. The van der Waals surface area contributed by atoms with Crippen molar-refractivity contribution in [3.63, 3.8) is 0 Å². The van der Waals surface area contributed by atoms with Crippen LogP contribution in [0.5, 0.6) is 5.75 Å². The fourth-order valence-corrected chi connectivity index (χ4v) is 11.9. The molecule has 0 heterocycles. The molecule has 0 aliphatic rings. The van der Waals surface area contributed by atoms with E-state index in [1.54, 1.807) is 0 Å². The van der Waals surface area contributed by atoms with E-state index in [0.29, 0.717) is 0 Å². The van der Waals surface area contributed by atoms with Crippen LogP contribution < -0.4 is 4.74 Å². The highest BCUT2D eigenvalue weighted by molar-refractivity contribution is 6.84. The van der Waals surface area contributed by atoms with Gasteiger partial charge in [0, 0.05) is 0 Å². The average molecular weight is 367 g/mol. The normalized spacial score (nSPS) is 11.7. The molecule has 0 atom stereocenters. The Balaban J connectivity index is 0.00000529. The molecule has 0 N–H and O–H groups in total. The van der Waals surface area contributed by atoms with Gasteiger partial charge in [-0.1, -0.05) is 52.0 Å². The van der Waals surface area contributed by atoms with Crippen molar-refractivity contribution >= 4 is 22.7 Å². The summed E-state index contributed by atoms with van der Waals surface area (Å²) in [6.45, 7) is 16.3. The second-order valence-corrected chi connectivity index (χ2v) is 16.3. The summed E-state index contributed by atoms with van der Waals surface area (Å²) >= 11 is 0. The Hall–Kier alpha value is -0.846. The first-order valence-electron chi connectivity index (χ1n) is 8.83. The van der Waals surface area contributed by atoms with Crippen LogP contribution in [-0.2, 0) is 4.12 Å². The first-order chi connectivity index (χ1) is 10.8. The zero-order chi connectivity index (χ0) is 17.3. The molecule has 0 aromatic heterocycles. The Morgan fingerprint density at radius 1 is 1.04 bits per heavy atom. The van der Waals surface area contributed by atoms with Crippen molar-refractivity contribution in [3.05, 3.63) is 36.4 Å². The summed E-state index contributed by atoms with van der Waals surface area (Å²) in [5, 5.41) is 0. The monoisotopic (exact) mass is 366 g/mol. The summed E-state index contributed by atoms with van der Waals surface area (Å²) in [6.07, 6.45) is 5.47. The van der Waals surface area contributed by atoms with Crippen LogP contribution in [0.15, 0.2) is 30.8 Å². The van der Waals surface area contributed by atoms with Crippen LogP contribution >= 0.6 is 0 Å². The number of ether oxygens (including phenoxy) is 1. The topological polar surface area (TPSA) is 18.5 Å². The van der Waals surface area contributed by atoms with E-state index in [1.165, 1.54) is 18.9 Å². The smallest absolute Gasteiger partial charge is 0.173 e. The van der Waals surface area contributed by atoms with E-state index in [2.05, 4.69) is 39.7 Å². The number of hydrogen-bond acceptors (Lipinski definition) is 2. The first kappa shape index (κ1) is 23.2. The average Bonchev–Trinajstić information content (AvgIpc) is 2.49. The van der Waals surface area contributed by atoms with Crippen LogP contribution in [0, 0.1) is 0 Å². The third-order valence-electron chi connectivity index (χ3n) is 3.97. The maximum atomic E-state index is 6.63. The molecule has 0 aliphatic heterocycles. The quantitative estimate of drug-likeness (QED) is 0.311. The van der Waals surface area contributed by atoms with Crippen LogP contribution in [0.4, 0.5) is 0 Å². The molecule has 0 amide bonds. The van der Waals surface area contributed by atoms with E-state index < -0.39 is 16.6 Å². The molecule has 1 rings (SSSR count). The van der Waals surface area contributed by atoms with Gasteiger partial charge in [0.15, 0.2) is 16.6 Å². The highest BCUT2D eigenvalue weighted by atomic mass is 28.4. The Morgan fingerprint density at radius 3 is 2.25 bits per heavy atom. The molecule has 0 saturated heterocycles. The van der Waals surface area contributed by atoms with Gasteiger partial charge in [-0.15, -0.1) is 0 Å². The standard InChI is InChI=1S/C19H34O2Si2.CH4/c1-7-9-15-22(3,4)21-23(5,6)16-11-14-20-19-13-10-12-18(8-2)17-19;/h8,10,12-13,17H,2,7,9,11,14-16H2,1,3-6H3;1H4. The first-order valence-corrected chi connectivity index (χ1v) is 15.1. The number of rotatable bonds is 11. The van der Waals surface area contributed by atoms with Crippen molar-refractivity contribution in [1.82, 2.24) is 0 Å². The minimum absolute atomic E-state index is 0. The summed E-state index contributed by atoms with van der Waals surface area (Å²) < 4.78 is 12.5. The van der Waals surface area contributed by atoms with E-state index >= 15 is 0 Å². The van der Waals surface area contributed by atoms with Crippen molar-refractivity contribution in [1.29, 1.82) is 0 Å².